The Balaban J connectivity index is 1.19. The monoisotopic (exact) mass is 557 g/mol. The van der Waals surface area contributed by atoms with Crippen LogP contribution in [0.4, 0.5) is 10.5 Å². The highest BCUT2D eigenvalue weighted by Gasteiger charge is 2.48. The minimum atomic E-state index is -3.53. The number of nitrogens with one attached hydrogen (secondary N) is 2. The molecule has 0 radical (unpaired) electrons. The van der Waals surface area contributed by atoms with Crippen molar-refractivity contribution in [2.24, 2.45) is 16.8 Å². The molecule has 0 unspecified atom stereocenters. The van der Waals surface area contributed by atoms with Crippen molar-refractivity contribution in [3.05, 3.63) is 29.3 Å². The number of anilines is 1. The number of hydrogen-bond donors (Lipinski definition) is 2. The van der Waals surface area contributed by atoms with Crippen LogP contribution in [0.3, 0.4) is 0 Å². The summed E-state index contributed by atoms with van der Waals surface area (Å²) in [5.74, 6) is 1.37. The lowest BCUT2D eigenvalue weighted by Crippen LogP contribution is -2.51. The molecule has 3 aliphatic heterocycles. The number of rotatable bonds is 8. The third kappa shape index (κ3) is 5.61. The Kier molecular flexibility index (Phi) is 7.83. The number of sulfonamides is 1. The molecule has 1 spiro atoms. The van der Waals surface area contributed by atoms with Gasteiger partial charge in [0.2, 0.25) is 10.0 Å². The standard InChI is InChI=1S/C28H39N5O5S/c1-3-5-20-6-4-7-22(17-20)25-30-26(35)28(31-25)11-13-32(14-12-28)39(37,38)15-10-21-8-9-23(16-19(21)2)33-24(34)18-29-27(33)36/h8-9,16,20,22H,3-7,10-15,17-18H2,1-2H3,(H,29,36)(H,30,31,35)/t20-,22+/m1/s1. The second-order valence-corrected chi connectivity index (χ2v) is 13.6. The lowest BCUT2D eigenvalue weighted by Gasteiger charge is -2.34. The number of piperidine rings is 1. The third-order valence-corrected chi connectivity index (χ3v) is 10.7. The number of nitrogens with zero attached hydrogens (tertiary/aromatic N) is 3. The molecule has 4 aliphatic rings. The van der Waals surface area contributed by atoms with Crippen molar-refractivity contribution in [2.75, 3.05) is 30.3 Å². The normalized spacial score (nSPS) is 25.6. The third-order valence-electron chi connectivity index (χ3n) is 8.87. The van der Waals surface area contributed by atoms with E-state index in [1.54, 1.807) is 18.2 Å². The number of urea groups is 1. The first-order valence-corrected chi connectivity index (χ1v) is 15.8. The summed E-state index contributed by atoms with van der Waals surface area (Å²) < 4.78 is 27.9. The van der Waals surface area contributed by atoms with E-state index in [9.17, 15) is 22.8 Å². The molecule has 2 atom stereocenters. The molecule has 212 valence electrons. The fraction of sp³-hybridized carbons (Fsp3) is 0.643. The van der Waals surface area contributed by atoms with Gasteiger partial charge in [-0.3, -0.25) is 14.6 Å². The molecule has 1 saturated carbocycles. The maximum absolute atomic E-state index is 13.2. The summed E-state index contributed by atoms with van der Waals surface area (Å²) in [7, 11) is -3.53. The van der Waals surface area contributed by atoms with E-state index in [4.69, 9.17) is 4.99 Å². The Hall–Kier alpha value is -2.79. The number of benzene rings is 1. The molecule has 1 aromatic rings. The molecular formula is C28H39N5O5S. The van der Waals surface area contributed by atoms with Gasteiger partial charge < -0.3 is 10.6 Å². The van der Waals surface area contributed by atoms with Crippen LogP contribution in [0.25, 0.3) is 0 Å². The molecule has 10 nitrogen and oxygen atoms in total. The van der Waals surface area contributed by atoms with Crippen LogP contribution in [-0.4, -0.2) is 67.3 Å². The summed E-state index contributed by atoms with van der Waals surface area (Å²) in [6.07, 6.45) is 8.05. The van der Waals surface area contributed by atoms with Crippen molar-refractivity contribution >= 4 is 39.4 Å². The van der Waals surface area contributed by atoms with E-state index in [1.165, 1.54) is 23.6 Å². The summed E-state index contributed by atoms with van der Waals surface area (Å²) in [6.45, 7) is 4.59. The quantitative estimate of drug-likeness (QED) is 0.475. The zero-order valence-electron chi connectivity index (χ0n) is 22.9. The Morgan fingerprint density at radius 1 is 1.13 bits per heavy atom. The molecule has 1 aromatic carbocycles. The smallest absolute Gasteiger partial charge is 0.328 e. The number of hydrogen-bond acceptors (Lipinski definition) is 6. The maximum Gasteiger partial charge on any atom is 0.329 e. The lowest BCUT2D eigenvalue weighted by atomic mass is 9.79. The minimum Gasteiger partial charge on any atom is -0.328 e. The predicted octanol–water partition coefficient (Wildman–Crippen LogP) is 2.89. The molecule has 11 heteroatoms. The van der Waals surface area contributed by atoms with Crippen LogP contribution >= 0.6 is 0 Å². The number of aryl methyl sites for hydroxylation is 2. The molecule has 3 fully saturated rings. The van der Waals surface area contributed by atoms with Gasteiger partial charge in [-0.2, -0.15) is 0 Å². The summed E-state index contributed by atoms with van der Waals surface area (Å²) >= 11 is 0. The Morgan fingerprint density at radius 3 is 2.56 bits per heavy atom. The second-order valence-electron chi connectivity index (χ2n) is 11.5. The van der Waals surface area contributed by atoms with Gasteiger partial charge in [-0.15, -0.1) is 0 Å². The van der Waals surface area contributed by atoms with Crippen LogP contribution in [0.1, 0.15) is 69.4 Å². The maximum atomic E-state index is 13.2. The van der Waals surface area contributed by atoms with Gasteiger partial charge in [0.25, 0.3) is 11.8 Å². The van der Waals surface area contributed by atoms with E-state index in [0.717, 1.165) is 41.1 Å². The van der Waals surface area contributed by atoms with Gasteiger partial charge in [0, 0.05) is 19.0 Å². The number of carbonyl (C=O) groups is 3. The number of amidine groups is 1. The number of amides is 4. The molecular weight excluding hydrogens is 518 g/mol. The van der Waals surface area contributed by atoms with E-state index in [2.05, 4.69) is 17.6 Å². The summed E-state index contributed by atoms with van der Waals surface area (Å²) in [5, 5.41) is 5.58. The molecule has 0 bridgehead atoms. The van der Waals surface area contributed by atoms with E-state index in [-0.39, 0.29) is 37.2 Å². The molecule has 39 heavy (non-hydrogen) atoms. The van der Waals surface area contributed by atoms with Crippen molar-refractivity contribution < 1.29 is 22.8 Å². The van der Waals surface area contributed by atoms with Crippen molar-refractivity contribution in [3.63, 3.8) is 0 Å². The minimum absolute atomic E-state index is 0.0245. The predicted molar refractivity (Wildman–Crippen MR) is 149 cm³/mol. The first-order valence-electron chi connectivity index (χ1n) is 14.2. The van der Waals surface area contributed by atoms with Crippen molar-refractivity contribution in [3.8, 4) is 0 Å². The molecule has 2 saturated heterocycles. The molecule has 0 aromatic heterocycles. The fourth-order valence-electron chi connectivity index (χ4n) is 6.57. The summed E-state index contributed by atoms with van der Waals surface area (Å²) in [4.78, 5) is 43.0. The van der Waals surface area contributed by atoms with Gasteiger partial charge in [0.15, 0.2) is 0 Å². The van der Waals surface area contributed by atoms with Gasteiger partial charge in [0.05, 0.1) is 18.0 Å². The fourth-order valence-corrected chi connectivity index (χ4v) is 8.04. The number of imide groups is 1. The van der Waals surface area contributed by atoms with E-state index in [1.807, 2.05) is 6.92 Å². The highest BCUT2D eigenvalue weighted by Crippen LogP contribution is 2.37. The first kappa shape index (κ1) is 27.8. The van der Waals surface area contributed by atoms with E-state index in [0.29, 0.717) is 36.8 Å². The first-order chi connectivity index (χ1) is 18.6. The summed E-state index contributed by atoms with van der Waals surface area (Å²) in [5.41, 5.74) is 1.30. The zero-order valence-corrected chi connectivity index (χ0v) is 23.7. The van der Waals surface area contributed by atoms with Crippen molar-refractivity contribution in [1.82, 2.24) is 14.9 Å². The highest BCUT2D eigenvalue weighted by atomic mass is 32.2. The Bertz CT molecular complexity index is 1270. The van der Waals surface area contributed by atoms with Gasteiger partial charge in [-0.25, -0.2) is 22.4 Å². The second kappa shape index (κ2) is 11.0. The Morgan fingerprint density at radius 2 is 1.90 bits per heavy atom. The SMILES string of the molecule is CCC[C@@H]1CCC[C@H](C2=NC3(CCN(S(=O)(=O)CCc4ccc(N5C(=O)CNC5=O)cc4C)CC3)C(=O)N2)C1. The summed E-state index contributed by atoms with van der Waals surface area (Å²) in [6, 6.07) is 4.73. The van der Waals surface area contributed by atoms with Crippen LogP contribution in [0.2, 0.25) is 0 Å². The van der Waals surface area contributed by atoms with Gasteiger partial charge in [0.1, 0.15) is 11.4 Å². The molecule has 1 aliphatic carbocycles. The van der Waals surface area contributed by atoms with Crippen LogP contribution in [-0.2, 0) is 26.0 Å². The molecule has 2 N–H and O–H groups in total. The average Bonchev–Trinajstić information content (AvgIpc) is 3.41. The topological polar surface area (TPSA) is 128 Å². The van der Waals surface area contributed by atoms with Crippen LogP contribution in [0.5, 0.6) is 0 Å². The van der Waals surface area contributed by atoms with Crippen LogP contribution in [0.15, 0.2) is 23.2 Å². The van der Waals surface area contributed by atoms with Crippen LogP contribution in [0, 0.1) is 18.8 Å². The van der Waals surface area contributed by atoms with Gasteiger partial charge in [-0.05, 0) is 68.2 Å². The molecule has 5 rings (SSSR count). The van der Waals surface area contributed by atoms with Crippen molar-refractivity contribution in [1.29, 1.82) is 0 Å². The molecule has 3 heterocycles. The van der Waals surface area contributed by atoms with E-state index >= 15 is 0 Å². The number of carbonyl (C=O) groups excluding carboxylic acids is 3. The average molecular weight is 558 g/mol. The molecule has 4 amide bonds. The van der Waals surface area contributed by atoms with Crippen molar-refractivity contribution in [2.45, 2.75) is 77.2 Å². The van der Waals surface area contributed by atoms with Crippen LogP contribution < -0.4 is 15.5 Å². The number of aliphatic imine (C=N–C) groups is 1. The van der Waals surface area contributed by atoms with Gasteiger partial charge >= 0.3 is 6.03 Å². The largest absolute Gasteiger partial charge is 0.329 e. The van der Waals surface area contributed by atoms with Gasteiger partial charge in [-0.1, -0.05) is 38.7 Å². The van der Waals surface area contributed by atoms with E-state index < -0.39 is 21.6 Å². The highest BCUT2D eigenvalue weighted by molar-refractivity contribution is 7.89. The Labute approximate surface area is 230 Å². The lowest BCUT2D eigenvalue weighted by molar-refractivity contribution is -0.125. The zero-order chi connectivity index (χ0) is 27.8.